The zero-order chi connectivity index (χ0) is 21.3. The number of carbonyl (C=O) groups excluding carboxylic acids is 1. The number of nitro benzene ring substituents is 1. The van der Waals surface area contributed by atoms with E-state index in [1.54, 1.807) is 44.7 Å². The molecule has 154 valence electrons. The lowest BCUT2D eigenvalue weighted by Gasteiger charge is -2.31. The summed E-state index contributed by atoms with van der Waals surface area (Å²) >= 11 is 0. The number of nitro groups is 1. The van der Waals surface area contributed by atoms with Crippen LogP contribution in [-0.2, 0) is 16.1 Å². The highest BCUT2D eigenvalue weighted by atomic mass is 16.6. The van der Waals surface area contributed by atoms with Gasteiger partial charge in [0, 0.05) is 30.2 Å². The number of nitrogens with one attached hydrogen (secondary N) is 1. The minimum atomic E-state index is -0.624. The summed E-state index contributed by atoms with van der Waals surface area (Å²) in [4.78, 5) is 32.3. The summed E-state index contributed by atoms with van der Waals surface area (Å²) in [6.07, 6.45) is 6.91. The molecule has 0 saturated carbocycles. The van der Waals surface area contributed by atoms with Crippen molar-refractivity contribution in [2.24, 2.45) is 0 Å². The lowest BCUT2D eigenvalue weighted by Crippen LogP contribution is -2.30. The van der Waals surface area contributed by atoms with Crippen molar-refractivity contribution in [3.8, 4) is 0 Å². The first-order chi connectivity index (χ1) is 14.5. The first-order valence-corrected chi connectivity index (χ1v) is 9.40. The second kappa shape index (κ2) is 7.82. The molecule has 1 unspecified atom stereocenters. The van der Waals surface area contributed by atoms with E-state index in [0.717, 1.165) is 5.69 Å². The molecule has 1 aliphatic heterocycles. The van der Waals surface area contributed by atoms with Gasteiger partial charge in [-0.3, -0.25) is 10.1 Å². The summed E-state index contributed by atoms with van der Waals surface area (Å²) in [5.74, 6) is 0.0686. The molecule has 0 spiro atoms. The summed E-state index contributed by atoms with van der Waals surface area (Å²) in [5.41, 5.74) is 2.33. The maximum Gasteiger partial charge on any atom is 0.338 e. The number of aromatic nitrogens is 4. The second-order valence-electron chi connectivity index (χ2n) is 6.82. The normalized spacial score (nSPS) is 15.5. The first-order valence-electron chi connectivity index (χ1n) is 9.40. The quantitative estimate of drug-likeness (QED) is 0.379. The number of anilines is 1. The third-order valence-electron chi connectivity index (χ3n) is 4.90. The van der Waals surface area contributed by atoms with Crippen molar-refractivity contribution < 1.29 is 14.5 Å². The Kier molecular flexibility index (Phi) is 5.05. The Morgan fingerprint density at radius 3 is 2.93 bits per heavy atom. The van der Waals surface area contributed by atoms with Gasteiger partial charge >= 0.3 is 5.97 Å². The van der Waals surface area contributed by atoms with E-state index in [1.807, 2.05) is 15.3 Å². The number of imidazole rings is 2. The van der Waals surface area contributed by atoms with Gasteiger partial charge in [0.2, 0.25) is 5.95 Å². The summed E-state index contributed by atoms with van der Waals surface area (Å²) in [7, 11) is 0. The molecule has 3 heterocycles. The van der Waals surface area contributed by atoms with Crippen molar-refractivity contribution in [1.82, 2.24) is 19.1 Å². The molecule has 0 radical (unpaired) electrons. The van der Waals surface area contributed by atoms with Gasteiger partial charge < -0.3 is 19.2 Å². The lowest BCUT2D eigenvalue weighted by molar-refractivity contribution is -0.384. The Bertz CT molecular complexity index is 1130. The number of hydrogen-bond donors (Lipinski definition) is 1. The van der Waals surface area contributed by atoms with Gasteiger partial charge in [-0.2, -0.15) is 0 Å². The number of non-ortho nitro benzene ring substituents is 1. The molecule has 10 nitrogen and oxygen atoms in total. The van der Waals surface area contributed by atoms with E-state index >= 15 is 0 Å². The van der Waals surface area contributed by atoms with Crippen LogP contribution in [0.4, 0.5) is 11.6 Å². The van der Waals surface area contributed by atoms with Crippen molar-refractivity contribution in [3.05, 3.63) is 81.8 Å². The standard InChI is InChI=1S/C20H20N6O4/c1-3-30-19(27)17-13(2)23-20-22-10-16(11-24-8-7-21-12-24)25(20)18(17)14-5-4-6-15(9-14)26(28)29/h4-10,12,18H,3,11H2,1-2H3,(H,22,23). The van der Waals surface area contributed by atoms with Gasteiger partial charge in [-0.05, 0) is 19.4 Å². The number of fused-ring (bicyclic) bond motifs is 1. The highest BCUT2D eigenvalue weighted by Gasteiger charge is 2.35. The van der Waals surface area contributed by atoms with Crippen LogP contribution in [0.15, 0.2) is 60.5 Å². The fourth-order valence-electron chi connectivity index (χ4n) is 3.63. The lowest BCUT2D eigenvalue weighted by atomic mass is 9.94. The molecule has 0 amide bonds. The Morgan fingerprint density at radius 2 is 2.23 bits per heavy atom. The molecular weight excluding hydrogens is 388 g/mol. The maximum atomic E-state index is 12.9. The molecule has 4 rings (SSSR count). The molecular formula is C20H20N6O4. The number of benzene rings is 1. The molecule has 1 atom stereocenters. The molecule has 2 aromatic heterocycles. The fraction of sp³-hybridized carbons (Fsp3) is 0.250. The zero-order valence-electron chi connectivity index (χ0n) is 16.5. The molecule has 10 heteroatoms. The van der Waals surface area contributed by atoms with Crippen LogP contribution in [0.3, 0.4) is 0 Å². The van der Waals surface area contributed by atoms with Gasteiger partial charge in [0.1, 0.15) is 0 Å². The van der Waals surface area contributed by atoms with E-state index in [9.17, 15) is 14.9 Å². The average Bonchev–Trinajstić information content (AvgIpc) is 3.37. The molecule has 0 aliphatic carbocycles. The molecule has 1 aromatic carbocycles. The van der Waals surface area contributed by atoms with Gasteiger partial charge in [0.05, 0.1) is 47.9 Å². The predicted octanol–water partition coefficient (Wildman–Crippen LogP) is 2.89. The number of ether oxygens (including phenoxy) is 1. The Labute approximate surface area is 172 Å². The van der Waals surface area contributed by atoms with Crippen molar-refractivity contribution in [3.63, 3.8) is 0 Å². The van der Waals surface area contributed by atoms with Crippen LogP contribution in [-0.4, -0.2) is 36.6 Å². The first kappa shape index (κ1) is 19.4. The molecule has 3 aromatic rings. The smallest absolute Gasteiger partial charge is 0.338 e. The van der Waals surface area contributed by atoms with Crippen molar-refractivity contribution in [2.45, 2.75) is 26.4 Å². The summed E-state index contributed by atoms with van der Waals surface area (Å²) in [6, 6.07) is 5.65. The zero-order valence-corrected chi connectivity index (χ0v) is 16.5. The van der Waals surface area contributed by atoms with Crippen molar-refractivity contribution in [2.75, 3.05) is 11.9 Å². The van der Waals surface area contributed by atoms with Crippen LogP contribution in [0.1, 0.15) is 31.1 Å². The van der Waals surface area contributed by atoms with Crippen LogP contribution in [0.2, 0.25) is 0 Å². The molecule has 0 bridgehead atoms. The average molecular weight is 408 g/mol. The third kappa shape index (κ3) is 3.43. The Morgan fingerprint density at radius 1 is 1.40 bits per heavy atom. The van der Waals surface area contributed by atoms with E-state index in [1.165, 1.54) is 12.1 Å². The molecule has 0 fully saturated rings. The summed E-state index contributed by atoms with van der Waals surface area (Å²) in [6.45, 7) is 4.19. The number of allylic oxidation sites excluding steroid dienone is 1. The van der Waals surface area contributed by atoms with Crippen molar-refractivity contribution >= 4 is 17.6 Å². The van der Waals surface area contributed by atoms with Crippen LogP contribution in [0, 0.1) is 10.1 Å². The van der Waals surface area contributed by atoms with E-state index in [2.05, 4.69) is 15.3 Å². The van der Waals surface area contributed by atoms with Gasteiger partial charge in [-0.1, -0.05) is 12.1 Å². The highest BCUT2D eigenvalue weighted by Crippen LogP contribution is 2.38. The van der Waals surface area contributed by atoms with Crippen LogP contribution in [0.5, 0.6) is 0 Å². The topological polar surface area (TPSA) is 117 Å². The predicted molar refractivity (Wildman–Crippen MR) is 108 cm³/mol. The molecule has 1 aliphatic rings. The molecule has 30 heavy (non-hydrogen) atoms. The maximum absolute atomic E-state index is 12.9. The van der Waals surface area contributed by atoms with Gasteiger partial charge in [-0.15, -0.1) is 0 Å². The van der Waals surface area contributed by atoms with E-state index in [-0.39, 0.29) is 12.3 Å². The minimum Gasteiger partial charge on any atom is -0.463 e. The molecule has 1 N–H and O–H groups in total. The van der Waals surface area contributed by atoms with E-state index in [0.29, 0.717) is 29.3 Å². The number of esters is 1. The fourth-order valence-corrected chi connectivity index (χ4v) is 3.63. The highest BCUT2D eigenvalue weighted by molar-refractivity contribution is 5.92. The summed E-state index contributed by atoms with van der Waals surface area (Å²) < 4.78 is 9.05. The van der Waals surface area contributed by atoms with Crippen LogP contribution >= 0.6 is 0 Å². The van der Waals surface area contributed by atoms with Gasteiger partial charge in [-0.25, -0.2) is 14.8 Å². The van der Waals surface area contributed by atoms with Gasteiger partial charge in [0.25, 0.3) is 5.69 Å². The largest absolute Gasteiger partial charge is 0.463 e. The van der Waals surface area contributed by atoms with E-state index in [4.69, 9.17) is 4.74 Å². The second-order valence-corrected chi connectivity index (χ2v) is 6.82. The van der Waals surface area contributed by atoms with E-state index < -0.39 is 16.9 Å². The summed E-state index contributed by atoms with van der Waals surface area (Å²) in [5, 5.41) is 14.5. The Hall–Kier alpha value is -3.95. The van der Waals surface area contributed by atoms with Gasteiger partial charge in [0.15, 0.2) is 0 Å². The molecule has 0 saturated heterocycles. The third-order valence-corrected chi connectivity index (χ3v) is 4.90. The SMILES string of the molecule is CCOC(=O)C1=C(C)Nc2ncc(Cn3ccnc3)n2C1c1cccc([N+](=O)[O-])c1. The number of hydrogen-bond acceptors (Lipinski definition) is 7. The van der Waals surface area contributed by atoms with Crippen LogP contribution < -0.4 is 5.32 Å². The number of nitrogens with zero attached hydrogens (tertiary/aromatic N) is 5. The minimum absolute atomic E-state index is 0.0512. The number of rotatable bonds is 6. The van der Waals surface area contributed by atoms with Crippen molar-refractivity contribution in [1.29, 1.82) is 0 Å². The monoisotopic (exact) mass is 408 g/mol. The Balaban J connectivity index is 1.88. The number of carbonyl (C=O) groups is 1. The van der Waals surface area contributed by atoms with Crippen LogP contribution in [0.25, 0.3) is 0 Å².